The van der Waals surface area contributed by atoms with Crippen LogP contribution in [0.5, 0.6) is 5.75 Å². The highest BCUT2D eigenvalue weighted by Gasteiger charge is 2.27. The van der Waals surface area contributed by atoms with Crippen molar-refractivity contribution in [1.82, 2.24) is 4.72 Å². The van der Waals surface area contributed by atoms with Gasteiger partial charge in [-0.25, -0.2) is 21.4 Å². The number of thiophene rings is 1. The monoisotopic (exact) mass is 529 g/mol. The van der Waals surface area contributed by atoms with E-state index in [1.807, 2.05) is 4.72 Å². The maximum atomic E-state index is 12.5. The van der Waals surface area contributed by atoms with E-state index in [2.05, 4.69) is 0 Å². The molecular formula is C16H14Cl2NO7PS3. The Morgan fingerprint density at radius 3 is 2.23 bits per heavy atom. The standard InChI is InChI=1S/C16H14Cl2NO7PS3/c1-29(22,23)11-4-2-10(3-5-11)26-27(20,21)9-19-30(24,25)15-8-12-13(17)6-7-14(18)16(12)28-15/h2-8,19H,9H2,1H3,(H,20,21). The Hall–Kier alpha value is -1.17. The molecule has 8 nitrogen and oxygen atoms in total. The molecule has 0 amide bonds. The van der Waals surface area contributed by atoms with Crippen LogP contribution in [0.2, 0.25) is 10.0 Å². The number of halogens is 2. The molecule has 0 spiro atoms. The van der Waals surface area contributed by atoms with Crippen molar-refractivity contribution in [2.24, 2.45) is 0 Å². The van der Waals surface area contributed by atoms with Gasteiger partial charge in [0, 0.05) is 16.7 Å². The zero-order valence-electron chi connectivity index (χ0n) is 15.1. The molecule has 1 heterocycles. The molecule has 14 heteroatoms. The second kappa shape index (κ2) is 8.40. The molecule has 1 atom stereocenters. The van der Waals surface area contributed by atoms with E-state index in [-0.39, 0.29) is 14.9 Å². The minimum absolute atomic E-state index is 0.00501. The molecule has 2 N–H and O–H groups in total. The summed E-state index contributed by atoms with van der Waals surface area (Å²) in [7, 11) is -12.0. The zero-order chi connectivity index (χ0) is 22.3. The quantitative estimate of drug-likeness (QED) is 0.440. The normalized spacial score (nSPS) is 14.5. The third-order valence-electron chi connectivity index (χ3n) is 3.78. The van der Waals surface area contributed by atoms with E-state index in [9.17, 15) is 26.3 Å². The smallest absolute Gasteiger partial charge is 0.391 e. The Morgan fingerprint density at radius 2 is 1.67 bits per heavy atom. The summed E-state index contributed by atoms with van der Waals surface area (Å²) in [6.07, 6.45) is 0.113. The third kappa shape index (κ3) is 5.35. The first-order valence-corrected chi connectivity index (χ1v) is 14.7. The van der Waals surface area contributed by atoms with Crippen molar-refractivity contribution in [1.29, 1.82) is 0 Å². The van der Waals surface area contributed by atoms with E-state index < -0.39 is 33.7 Å². The van der Waals surface area contributed by atoms with E-state index in [4.69, 9.17) is 27.7 Å². The molecule has 1 unspecified atom stereocenters. The van der Waals surface area contributed by atoms with Crippen molar-refractivity contribution in [3.8, 4) is 5.75 Å². The molecule has 0 saturated carbocycles. The van der Waals surface area contributed by atoms with Crippen LogP contribution < -0.4 is 9.25 Å². The Kier molecular flexibility index (Phi) is 6.58. The highest BCUT2D eigenvalue weighted by atomic mass is 35.5. The molecule has 0 fully saturated rings. The number of sulfone groups is 1. The summed E-state index contributed by atoms with van der Waals surface area (Å²) in [6.45, 7) is 0. The number of nitrogens with one attached hydrogen (secondary N) is 1. The van der Waals surface area contributed by atoms with Gasteiger partial charge in [-0.15, -0.1) is 11.3 Å². The average molecular weight is 530 g/mol. The van der Waals surface area contributed by atoms with Crippen LogP contribution in [0.3, 0.4) is 0 Å². The Labute approximate surface area is 186 Å². The molecule has 30 heavy (non-hydrogen) atoms. The molecule has 0 saturated heterocycles. The SMILES string of the molecule is CS(=O)(=O)c1ccc(OP(=O)(O)CNS(=O)(=O)c2cc3c(Cl)ccc(Cl)c3s2)cc1. The van der Waals surface area contributed by atoms with Crippen LogP contribution in [-0.4, -0.2) is 34.3 Å². The van der Waals surface area contributed by atoms with E-state index in [1.165, 1.54) is 42.5 Å². The lowest BCUT2D eigenvalue weighted by Crippen LogP contribution is -2.25. The van der Waals surface area contributed by atoms with Crippen LogP contribution in [0.25, 0.3) is 10.1 Å². The predicted octanol–water partition coefficient (Wildman–Crippen LogP) is 4.11. The molecule has 0 aliphatic carbocycles. The van der Waals surface area contributed by atoms with Gasteiger partial charge in [0.25, 0.3) is 10.0 Å². The molecule has 2 aromatic carbocycles. The summed E-state index contributed by atoms with van der Waals surface area (Å²) in [5.74, 6) is -0.0899. The van der Waals surface area contributed by atoms with Gasteiger partial charge in [0.05, 0.1) is 14.6 Å². The second-order valence-electron chi connectivity index (χ2n) is 6.12. The Morgan fingerprint density at radius 1 is 1.07 bits per heavy atom. The Bertz CT molecular complexity index is 1330. The van der Waals surface area contributed by atoms with Crippen LogP contribution in [0.15, 0.2) is 51.6 Å². The van der Waals surface area contributed by atoms with Gasteiger partial charge >= 0.3 is 7.60 Å². The van der Waals surface area contributed by atoms with Gasteiger partial charge in [-0.3, -0.25) is 0 Å². The highest BCUT2D eigenvalue weighted by Crippen LogP contribution is 2.43. The van der Waals surface area contributed by atoms with Crippen molar-refractivity contribution in [2.45, 2.75) is 9.10 Å². The largest absolute Gasteiger partial charge is 0.424 e. The maximum Gasteiger partial charge on any atom is 0.391 e. The van der Waals surface area contributed by atoms with Gasteiger partial charge in [-0.05, 0) is 42.5 Å². The van der Waals surface area contributed by atoms with E-state index >= 15 is 0 Å². The number of hydrogen-bond donors (Lipinski definition) is 2. The van der Waals surface area contributed by atoms with Crippen LogP contribution >= 0.6 is 42.1 Å². The number of sulfonamides is 1. The highest BCUT2D eigenvalue weighted by molar-refractivity contribution is 7.92. The van der Waals surface area contributed by atoms with Gasteiger partial charge in [0.2, 0.25) is 0 Å². The Balaban J connectivity index is 1.75. The first-order chi connectivity index (χ1) is 13.8. The van der Waals surface area contributed by atoms with E-state index in [0.29, 0.717) is 20.1 Å². The summed E-state index contributed by atoms with van der Waals surface area (Å²) in [6, 6.07) is 9.21. The van der Waals surface area contributed by atoms with E-state index in [1.54, 1.807) is 0 Å². The van der Waals surface area contributed by atoms with E-state index in [0.717, 1.165) is 17.6 Å². The second-order valence-corrected chi connectivity index (χ2v) is 13.8. The lowest BCUT2D eigenvalue weighted by Gasteiger charge is -2.14. The van der Waals surface area contributed by atoms with Gasteiger partial charge < -0.3 is 9.42 Å². The summed E-state index contributed by atoms with van der Waals surface area (Å²) >= 11 is 13.0. The van der Waals surface area contributed by atoms with Crippen LogP contribution in [0, 0.1) is 0 Å². The van der Waals surface area contributed by atoms with Gasteiger partial charge in [-0.2, -0.15) is 4.72 Å². The zero-order valence-corrected chi connectivity index (χ0v) is 19.9. The van der Waals surface area contributed by atoms with Crippen molar-refractivity contribution in [3.05, 3.63) is 52.5 Å². The van der Waals surface area contributed by atoms with Gasteiger partial charge in [0.1, 0.15) is 16.2 Å². The van der Waals surface area contributed by atoms with Gasteiger partial charge in [0.15, 0.2) is 9.84 Å². The first-order valence-electron chi connectivity index (χ1n) is 7.97. The molecule has 0 aliphatic rings. The number of benzene rings is 2. The maximum absolute atomic E-state index is 12.5. The number of rotatable bonds is 7. The van der Waals surface area contributed by atoms with Crippen molar-refractivity contribution in [2.75, 3.05) is 12.5 Å². The lowest BCUT2D eigenvalue weighted by atomic mass is 10.3. The van der Waals surface area contributed by atoms with Crippen LogP contribution in [0.1, 0.15) is 0 Å². The topological polar surface area (TPSA) is 127 Å². The minimum atomic E-state index is -4.43. The lowest BCUT2D eigenvalue weighted by molar-refractivity contribution is 0.378. The summed E-state index contributed by atoms with van der Waals surface area (Å²) in [4.78, 5) is 9.99. The fourth-order valence-electron chi connectivity index (χ4n) is 2.35. The fraction of sp³-hybridized carbons (Fsp3) is 0.125. The fourth-order valence-corrected chi connectivity index (χ4v) is 7.48. The molecule has 3 aromatic rings. The van der Waals surface area contributed by atoms with Crippen molar-refractivity contribution in [3.63, 3.8) is 0 Å². The average Bonchev–Trinajstić information content (AvgIpc) is 3.11. The van der Waals surface area contributed by atoms with Crippen LogP contribution in [0.4, 0.5) is 0 Å². The molecule has 162 valence electrons. The number of fused-ring (bicyclic) bond motifs is 1. The summed E-state index contributed by atoms with van der Waals surface area (Å²) < 4.78 is 67.6. The van der Waals surface area contributed by atoms with Crippen molar-refractivity contribution < 1.29 is 30.8 Å². The van der Waals surface area contributed by atoms with Crippen molar-refractivity contribution >= 4 is 72.1 Å². The van der Waals surface area contributed by atoms with Gasteiger partial charge in [-0.1, -0.05) is 23.2 Å². The molecular weight excluding hydrogens is 516 g/mol. The minimum Gasteiger partial charge on any atom is -0.424 e. The molecule has 0 radical (unpaired) electrons. The molecule has 0 bridgehead atoms. The predicted molar refractivity (Wildman–Crippen MR) is 117 cm³/mol. The summed E-state index contributed by atoms with van der Waals surface area (Å²) in [5.41, 5.74) is 0. The first kappa shape index (κ1) is 23.5. The van der Waals surface area contributed by atoms with Crippen LogP contribution in [-0.2, 0) is 24.4 Å². The number of hydrogen-bond acceptors (Lipinski definition) is 7. The molecule has 3 rings (SSSR count). The molecule has 0 aliphatic heterocycles. The summed E-state index contributed by atoms with van der Waals surface area (Å²) in [5, 5.41) is 1.10. The third-order valence-corrected chi connectivity index (χ3v) is 9.97. The molecule has 1 aromatic heterocycles.